The summed E-state index contributed by atoms with van der Waals surface area (Å²) >= 11 is 0. The van der Waals surface area contributed by atoms with Crippen LogP contribution in [0.5, 0.6) is 0 Å². The molecule has 150 valence electrons. The zero-order valence-electron chi connectivity index (χ0n) is 15.5. The molecule has 1 aromatic heterocycles. The van der Waals surface area contributed by atoms with E-state index in [1.165, 1.54) is 6.07 Å². The van der Waals surface area contributed by atoms with Gasteiger partial charge in [0.1, 0.15) is 5.82 Å². The van der Waals surface area contributed by atoms with Gasteiger partial charge >= 0.3 is 12.1 Å². The summed E-state index contributed by atoms with van der Waals surface area (Å²) in [4.78, 5) is 17.8. The zero-order chi connectivity index (χ0) is 20.6. The van der Waals surface area contributed by atoms with Crippen LogP contribution in [0.3, 0.4) is 0 Å². The maximum absolute atomic E-state index is 13.0. The number of halogens is 3. The summed E-state index contributed by atoms with van der Waals surface area (Å²) in [5.41, 5.74) is 1.27. The molecule has 0 saturated carbocycles. The number of piperidine rings is 1. The van der Waals surface area contributed by atoms with Crippen LogP contribution in [-0.2, 0) is 11.0 Å². The fraction of sp³-hybridized carbons (Fsp3) is 0.273. The Bertz CT molecular complexity index is 1060. The predicted octanol–water partition coefficient (Wildman–Crippen LogP) is 5.22. The molecule has 2 heterocycles. The Balaban J connectivity index is 1.59. The smallest absolute Gasteiger partial charge is 0.416 e. The standard InChI is InChI=1S/C22H19F3N2O2/c23-22(24,25)18-3-1-2-15(13-18)16-4-6-19-17(12-16)5-7-20(26-19)27-10-8-14(9-11-27)21(28)29/h1-7,12-14H,8-11H2,(H,28,29). The average molecular weight is 400 g/mol. The van der Waals surface area contributed by atoms with Crippen molar-refractivity contribution in [1.29, 1.82) is 0 Å². The van der Waals surface area contributed by atoms with E-state index < -0.39 is 17.7 Å². The Hall–Kier alpha value is -3.09. The Morgan fingerprint density at radius 3 is 2.41 bits per heavy atom. The van der Waals surface area contributed by atoms with Gasteiger partial charge in [-0.25, -0.2) is 4.98 Å². The molecular weight excluding hydrogens is 381 g/mol. The first-order valence-electron chi connectivity index (χ1n) is 9.37. The molecule has 1 saturated heterocycles. The number of carbonyl (C=O) groups is 1. The van der Waals surface area contributed by atoms with Crippen LogP contribution in [0.1, 0.15) is 18.4 Å². The first-order valence-corrected chi connectivity index (χ1v) is 9.37. The van der Waals surface area contributed by atoms with Gasteiger partial charge in [-0.2, -0.15) is 13.2 Å². The van der Waals surface area contributed by atoms with E-state index in [2.05, 4.69) is 9.88 Å². The molecule has 1 aliphatic heterocycles. The van der Waals surface area contributed by atoms with Gasteiger partial charge in [0, 0.05) is 18.5 Å². The third-order valence-corrected chi connectivity index (χ3v) is 5.37. The van der Waals surface area contributed by atoms with Crippen LogP contribution >= 0.6 is 0 Å². The second-order valence-corrected chi connectivity index (χ2v) is 7.26. The van der Waals surface area contributed by atoms with Crippen molar-refractivity contribution in [3.8, 4) is 11.1 Å². The second-order valence-electron chi connectivity index (χ2n) is 7.26. The number of benzene rings is 2. The van der Waals surface area contributed by atoms with Gasteiger partial charge in [0.2, 0.25) is 0 Å². The molecule has 4 nitrogen and oxygen atoms in total. The first-order chi connectivity index (χ1) is 13.8. The fourth-order valence-corrected chi connectivity index (χ4v) is 3.70. The Morgan fingerprint density at radius 1 is 1.00 bits per heavy atom. The number of hydrogen-bond donors (Lipinski definition) is 1. The summed E-state index contributed by atoms with van der Waals surface area (Å²) in [5.74, 6) is -0.270. The third-order valence-electron chi connectivity index (χ3n) is 5.37. The monoisotopic (exact) mass is 400 g/mol. The van der Waals surface area contributed by atoms with Crippen LogP contribution in [0.15, 0.2) is 54.6 Å². The van der Waals surface area contributed by atoms with Crippen molar-refractivity contribution in [2.75, 3.05) is 18.0 Å². The quantitative estimate of drug-likeness (QED) is 0.655. The summed E-state index contributed by atoms with van der Waals surface area (Å²) in [6, 6.07) is 14.5. The number of fused-ring (bicyclic) bond motifs is 1. The molecule has 3 aromatic rings. The summed E-state index contributed by atoms with van der Waals surface area (Å²) in [7, 11) is 0. The SMILES string of the molecule is O=C(O)C1CCN(c2ccc3cc(-c4cccc(C(F)(F)F)c4)ccc3n2)CC1. The number of hydrogen-bond acceptors (Lipinski definition) is 3. The summed E-state index contributed by atoms with van der Waals surface area (Å²) in [6.45, 7) is 1.27. The van der Waals surface area contributed by atoms with Crippen molar-refractivity contribution < 1.29 is 23.1 Å². The van der Waals surface area contributed by atoms with Crippen molar-refractivity contribution in [2.45, 2.75) is 19.0 Å². The maximum atomic E-state index is 13.0. The highest BCUT2D eigenvalue weighted by Crippen LogP contribution is 2.33. The van der Waals surface area contributed by atoms with Gasteiger partial charge in [-0.15, -0.1) is 0 Å². The topological polar surface area (TPSA) is 53.4 Å². The molecule has 1 aliphatic rings. The van der Waals surface area contributed by atoms with E-state index in [9.17, 15) is 18.0 Å². The van der Waals surface area contributed by atoms with Gasteiger partial charge in [-0.3, -0.25) is 4.79 Å². The van der Waals surface area contributed by atoms with Crippen LogP contribution in [0.2, 0.25) is 0 Å². The number of carboxylic acid groups (broad SMARTS) is 1. The molecule has 1 N–H and O–H groups in total. The predicted molar refractivity (Wildman–Crippen MR) is 105 cm³/mol. The summed E-state index contributed by atoms with van der Waals surface area (Å²) in [6.07, 6.45) is -3.20. The van der Waals surface area contributed by atoms with Gasteiger partial charge in [-0.1, -0.05) is 18.2 Å². The highest BCUT2D eigenvalue weighted by molar-refractivity contribution is 5.86. The van der Waals surface area contributed by atoms with E-state index in [0.717, 1.165) is 28.9 Å². The molecule has 1 fully saturated rings. The Morgan fingerprint density at radius 2 is 1.72 bits per heavy atom. The molecule has 0 unspecified atom stereocenters. The highest BCUT2D eigenvalue weighted by Gasteiger charge is 2.30. The maximum Gasteiger partial charge on any atom is 0.416 e. The van der Waals surface area contributed by atoms with Gasteiger partial charge < -0.3 is 10.0 Å². The Kier molecular flexibility index (Phi) is 4.90. The zero-order valence-corrected chi connectivity index (χ0v) is 15.5. The van der Waals surface area contributed by atoms with Crippen molar-refractivity contribution in [3.05, 3.63) is 60.2 Å². The van der Waals surface area contributed by atoms with Crippen molar-refractivity contribution in [1.82, 2.24) is 4.98 Å². The van der Waals surface area contributed by atoms with E-state index in [0.29, 0.717) is 37.1 Å². The van der Waals surface area contributed by atoms with Crippen LogP contribution in [0.4, 0.5) is 19.0 Å². The van der Waals surface area contributed by atoms with E-state index in [1.807, 2.05) is 18.2 Å². The lowest BCUT2D eigenvalue weighted by Crippen LogP contribution is -2.36. The molecule has 0 radical (unpaired) electrons. The van der Waals surface area contributed by atoms with Crippen LogP contribution in [-0.4, -0.2) is 29.1 Å². The minimum Gasteiger partial charge on any atom is -0.481 e. The van der Waals surface area contributed by atoms with Crippen LogP contribution in [0.25, 0.3) is 22.0 Å². The molecule has 7 heteroatoms. The number of anilines is 1. The average Bonchev–Trinajstić information content (AvgIpc) is 2.72. The molecule has 0 bridgehead atoms. The molecule has 0 atom stereocenters. The summed E-state index contributed by atoms with van der Waals surface area (Å²) in [5, 5.41) is 9.96. The molecular formula is C22H19F3N2O2. The summed E-state index contributed by atoms with van der Waals surface area (Å²) < 4.78 is 38.9. The van der Waals surface area contributed by atoms with E-state index in [4.69, 9.17) is 5.11 Å². The molecule has 0 aliphatic carbocycles. The molecule has 0 amide bonds. The van der Waals surface area contributed by atoms with Gasteiger partial charge in [0.25, 0.3) is 0 Å². The normalized spacial score (nSPS) is 15.6. The second kappa shape index (κ2) is 7.39. The van der Waals surface area contributed by atoms with E-state index in [-0.39, 0.29) is 5.92 Å². The largest absolute Gasteiger partial charge is 0.481 e. The van der Waals surface area contributed by atoms with Crippen molar-refractivity contribution >= 4 is 22.7 Å². The van der Waals surface area contributed by atoms with Crippen LogP contribution in [0, 0.1) is 5.92 Å². The fourth-order valence-electron chi connectivity index (χ4n) is 3.70. The van der Waals surface area contributed by atoms with Crippen LogP contribution < -0.4 is 4.90 Å². The number of rotatable bonds is 3. The number of aromatic nitrogens is 1. The van der Waals surface area contributed by atoms with Gasteiger partial charge in [0.15, 0.2) is 0 Å². The third kappa shape index (κ3) is 4.04. The minimum atomic E-state index is -4.38. The highest BCUT2D eigenvalue weighted by atomic mass is 19.4. The molecule has 0 spiro atoms. The van der Waals surface area contributed by atoms with Crippen molar-refractivity contribution in [2.24, 2.45) is 5.92 Å². The van der Waals surface area contributed by atoms with Crippen molar-refractivity contribution in [3.63, 3.8) is 0 Å². The molecule has 29 heavy (non-hydrogen) atoms. The van der Waals surface area contributed by atoms with E-state index in [1.54, 1.807) is 18.2 Å². The van der Waals surface area contributed by atoms with E-state index >= 15 is 0 Å². The Labute approximate surface area is 165 Å². The van der Waals surface area contributed by atoms with Gasteiger partial charge in [-0.05, 0) is 60.4 Å². The number of alkyl halides is 3. The number of aliphatic carboxylic acids is 1. The lowest BCUT2D eigenvalue weighted by molar-refractivity contribution is -0.142. The molecule has 4 rings (SSSR count). The van der Waals surface area contributed by atoms with Gasteiger partial charge in [0.05, 0.1) is 17.0 Å². The lowest BCUT2D eigenvalue weighted by Gasteiger charge is -2.31. The first kappa shape index (κ1) is 19.2. The molecule has 2 aromatic carbocycles. The number of pyridine rings is 1. The number of carboxylic acids is 1. The lowest BCUT2D eigenvalue weighted by atomic mass is 9.97. The minimum absolute atomic E-state index is 0.304. The number of nitrogens with zero attached hydrogens (tertiary/aromatic N) is 2.